The predicted molar refractivity (Wildman–Crippen MR) is 65.2 cm³/mol. The summed E-state index contributed by atoms with van der Waals surface area (Å²) in [5.41, 5.74) is -0.150. The van der Waals surface area contributed by atoms with Gasteiger partial charge in [0.2, 0.25) is 6.33 Å². The molecular weight excluding hydrogens is 272 g/mol. The fourth-order valence-corrected chi connectivity index (χ4v) is 2.39. The van der Waals surface area contributed by atoms with Gasteiger partial charge in [-0.3, -0.25) is 0 Å². The Morgan fingerprint density at radius 1 is 1.53 bits per heavy atom. The topological polar surface area (TPSA) is 111 Å². The first-order chi connectivity index (χ1) is 9.00. The van der Waals surface area contributed by atoms with E-state index < -0.39 is 10.9 Å². The summed E-state index contributed by atoms with van der Waals surface area (Å²) in [5.74, 6) is -1.50. The maximum Gasteiger partial charge on any atom is 0.396 e. The molecule has 0 saturated heterocycles. The zero-order chi connectivity index (χ0) is 14.0. The molecule has 98 valence electrons. The van der Waals surface area contributed by atoms with Crippen molar-refractivity contribution < 1.29 is 14.8 Å². The number of imidazole rings is 1. The molecule has 0 atom stereocenters. The lowest BCUT2D eigenvalue weighted by Gasteiger charge is -2.04. The number of nitro groups is 1. The maximum absolute atomic E-state index is 11.0. The van der Waals surface area contributed by atoms with Gasteiger partial charge in [0.25, 0.3) is 0 Å². The molecule has 19 heavy (non-hydrogen) atoms. The molecule has 2 heterocycles. The molecule has 0 unspecified atom stereocenters. The third kappa shape index (κ3) is 2.55. The van der Waals surface area contributed by atoms with Crippen molar-refractivity contribution in [1.82, 2.24) is 14.5 Å². The van der Waals surface area contributed by atoms with E-state index in [4.69, 9.17) is 5.11 Å². The second-order valence-electron chi connectivity index (χ2n) is 3.50. The molecule has 0 radical (unpaired) electrons. The van der Waals surface area contributed by atoms with E-state index in [2.05, 4.69) is 9.97 Å². The Hall–Kier alpha value is -2.42. The third-order valence-corrected chi connectivity index (χ3v) is 3.43. The summed E-state index contributed by atoms with van der Waals surface area (Å²) in [6, 6.07) is 3.11. The standard InChI is InChI=1S/C10H8N4O4S/c1-13-5-12-8(14(17)18)9(13)19-6-3-2-4-11-7(6)10(15)16/h2-5H,1H3,(H,15,16). The molecule has 8 nitrogen and oxygen atoms in total. The van der Waals surface area contributed by atoms with Crippen molar-refractivity contribution in [3.63, 3.8) is 0 Å². The third-order valence-electron chi connectivity index (χ3n) is 2.22. The molecule has 0 spiro atoms. The smallest absolute Gasteiger partial charge is 0.396 e. The molecular formula is C10H8N4O4S. The van der Waals surface area contributed by atoms with Crippen LogP contribution in [0.15, 0.2) is 34.6 Å². The van der Waals surface area contributed by atoms with E-state index in [0.717, 1.165) is 11.8 Å². The first-order valence-electron chi connectivity index (χ1n) is 5.02. The SMILES string of the molecule is Cn1cnc([N+](=O)[O-])c1Sc1cccnc1C(=O)O. The molecule has 2 aromatic heterocycles. The van der Waals surface area contributed by atoms with Crippen molar-refractivity contribution >= 4 is 23.5 Å². The van der Waals surface area contributed by atoms with Crippen LogP contribution in [0.3, 0.4) is 0 Å². The predicted octanol–water partition coefficient (Wildman–Crippen LogP) is 1.57. The summed E-state index contributed by atoms with van der Waals surface area (Å²) in [6.07, 6.45) is 2.66. The summed E-state index contributed by atoms with van der Waals surface area (Å²) in [5, 5.41) is 20.1. The number of hydrogen-bond acceptors (Lipinski definition) is 6. The van der Waals surface area contributed by atoms with Crippen molar-refractivity contribution in [2.45, 2.75) is 9.92 Å². The van der Waals surface area contributed by atoms with Gasteiger partial charge in [-0.1, -0.05) is 11.8 Å². The van der Waals surface area contributed by atoms with E-state index in [-0.39, 0.29) is 16.5 Å². The van der Waals surface area contributed by atoms with Gasteiger partial charge in [0, 0.05) is 18.1 Å². The van der Waals surface area contributed by atoms with Crippen LogP contribution in [0.1, 0.15) is 10.5 Å². The van der Waals surface area contributed by atoms with E-state index in [1.54, 1.807) is 13.1 Å². The zero-order valence-corrected chi connectivity index (χ0v) is 10.5. The van der Waals surface area contributed by atoms with E-state index in [9.17, 15) is 14.9 Å². The van der Waals surface area contributed by atoms with Crippen LogP contribution in [0.25, 0.3) is 0 Å². The van der Waals surface area contributed by atoms with Crippen LogP contribution in [-0.4, -0.2) is 30.5 Å². The fraction of sp³-hybridized carbons (Fsp3) is 0.100. The number of carboxylic acid groups (broad SMARTS) is 1. The van der Waals surface area contributed by atoms with Gasteiger partial charge in [0.15, 0.2) is 10.7 Å². The van der Waals surface area contributed by atoms with Crippen molar-refractivity contribution in [3.8, 4) is 0 Å². The lowest BCUT2D eigenvalue weighted by Crippen LogP contribution is -2.02. The Balaban J connectivity index is 2.45. The van der Waals surface area contributed by atoms with Gasteiger partial charge in [-0.15, -0.1) is 0 Å². The number of carboxylic acids is 1. The van der Waals surface area contributed by atoms with Crippen LogP contribution in [0, 0.1) is 10.1 Å². The van der Waals surface area contributed by atoms with Gasteiger partial charge < -0.3 is 19.8 Å². The van der Waals surface area contributed by atoms with Crippen LogP contribution < -0.4 is 0 Å². The quantitative estimate of drug-likeness (QED) is 0.668. The highest BCUT2D eigenvalue weighted by Crippen LogP contribution is 2.34. The van der Waals surface area contributed by atoms with Crippen molar-refractivity contribution in [2.75, 3.05) is 0 Å². The van der Waals surface area contributed by atoms with Crippen LogP contribution in [0.5, 0.6) is 0 Å². The number of pyridine rings is 1. The van der Waals surface area contributed by atoms with Gasteiger partial charge in [-0.05, 0) is 22.0 Å². The molecule has 0 saturated carbocycles. The lowest BCUT2D eigenvalue weighted by atomic mass is 10.3. The van der Waals surface area contributed by atoms with Gasteiger partial charge in [0.05, 0.1) is 0 Å². The summed E-state index contributed by atoms with van der Waals surface area (Å²) >= 11 is 0.946. The highest BCUT2D eigenvalue weighted by atomic mass is 32.2. The second-order valence-corrected chi connectivity index (χ2v) is 4.53. The fourth-order valence-electron chi connectivity index (χ4n) is 1.39. The van der Waals surface area contributed by atoms with Gasteiger partial charge >= 0.3 is 11.8 Å². The molecule has 0 fully saturated rings. The van der Waals surface area contributed by atoms with E-state index >= 15 is 0 Å². The average Bonchev–Trinajstić information content (AvgIpc) is 2.72. The van der Waals surface area contributed by atoms with E-state index in [1.807, 2.05) is 0 Å². The van der Waals surface area contributed by atoms with Gasteiger partial charge in [0.1, 0.15) is 0 Å². The zero-order valence-electron chi connectivity index (χ0n) is 9.68. The Labute approximate surface area is 111 Å². The van der Waals surface area contributed by atoms with Crippen LogP contribution in [-0.2, 0) is 7.05 Å². The molecule has 0 aliphatic rings. The number of hydrogen-bond donors (Lipinski definition) is 1. The largest absolute Gasteiger partial charge is 0.476 e. The second kappa shape index (κ2) is 5.06. The molecule has 2 aromatic rings. The van der Waals surface area contributed by atoms with Gasteiger partial charge in [-0.2, -0.15) is 0 Å². The average molecular weight is 280 g/mol. The lowest BCUT2D eigenvalue weighted by molar-refractivity contribution is -0.392. The minimum absolute atomic E-state index is 0.150. The number of aryl methyl sites for hydroxylation is 1. The number of aromatic carboxylic acids is 1. The molecule has 0 aliphatic heterocycles. The van der Waals surface area contributed by atoms with Crippen molar-refractivity contribution in [2.24, 2.45) is 7.05 Å². The molecule has 1 N–H and O–H groups in total. The first-order valence-corrected chi connectivity index (χ1v) is 5.84. The molecule has 0 bridgehead atoms. The molecule has 9 heteroatoms. The summed E-state index contributed by atoms with van der Waals surface area (Å²) in [7, 11) is 1.60. The summed E-state index contributed by atoms with van der Waals surface area (Å²) in [6.45, 7) is 0. The van der Waals surface area contributed by atoms with Crippen LogP contribution >= 0.6 is 11.8 Å². The van der Waals surface area contributed by atoms with E-state index in [1.165, 1.54) is 23.2 Å². The number of carbonyl (C=O) groups is 1. The molecule has 0 aromatic carbocycles. The number of nitrogens with zero attached hydrogens (tertiary/aromatic N) is 4. The first kappa shape index (κ1) is 13.0. The highest BCUT2D eigenvalue weighted by molar-refractivity contribution is 7.99. The van der Waals surface area contributed by atoms with Gasteiger partial charge in [-0.25, -0.2) is 9.78 Å². The monoisotopic (exact) mass is 280 g/mol. The maximum atomic E-state index is 11.0. The summed E-state index contributed by atoms with van der Waals surface area (Å²) in [4.78, 5) is 29.0. The molecule has 0 aliphatic carbocycles. The minimum atomic E-state index is -1.19. The normalized spacial score (nSPS) is 10.4. The van der Waals surface area contributed by atoms with Crippen LogP contribution in [0.4, 0.5) is 5.82 Å². The van der Waals surface area contributed by atoms with Crippen molar-refractivity contribution in [3.05, 3.63) is 40.5 Å². The number of rotatable bonds is 4. The highest BCUT2D eigenvalue weighted by Gasteiger charge is 2.23. The Morgan fingerprint density at radius 2 is 2.26 bits per heavy atom. The Kier molecular flexibility index (Phi) is 3.47. The summed E-state index contributed by atoms with van der Waals surface area (Å²) < 4.78 is 1.46. The van der Waals surface area contributed by atoms with E-state index in [0.29, 0.717) is 4.90 Å². The minimum Gasteiger partial charge on any atom is -0.476 e. The Morgan fingerprint density at radius 3 is 2.89 bits per heavy atom. The number of aromatic nitrogens is 3. The van der Waals surface area contributed by atoms with Crippen LogP contribution in [0.2, 0.25) is 0 Å². The Bertz CT molecular complexity index is 655. The molecule has 0 amide bonds. The molecule has 2 rings (SSSR count). The van der Waals surface area contributed by atoms with Crippen molar-refractivity contribution in [1.29, 1.82) is 0 Å².